The number of likely N-dealkylation sites (N-methyl/N-ethyl adjacent to an activating group) is 1. The number of amides is 2. The Hall–Kier alpha value is -1.85. The molecule has 6 heteroatoms. The molecule has 0 aromatic carbocycles. The van der Waals surface area contributed by atoms with Crippen LogP contribution in [0.2, 0.25) is 0 Å². The van der Waals surface area contributed by atoms with Gasteiger partial charge in [0.25, 0.3) is 0 Å². The molecule has 0 atom stereocenters. The van der Waals surface area contributed by atoms with Gasteiger partial charge in [-0.2, -0.15) is 0 Å². The lowest BCUT2D eigenvalue weighted by Gasteiger charge is -2.57. The third kappa shape index (κ3) is 2.82. The molecule has 4 fully saturated rings. The van der Waals surface area contributed by atoms with E-state index in [1.54, 1.807) is 24.9 Å². The van der Waals surface area contributed by atoms with Crippen molar-refractivity contribution in [3.63, 3.8) is 0 Å². The zero-order valence-corrected chi connectivity index (χ0v) is 14.4. The molecule has 1 aromatic rings. The summed E-state index contributed by atoms with van der Waals surface area (Å²) in [6.07, 6.45) is 7.80. The van der Waals surface area contributed by atoms with E-state index in [9.17, 15) is 9.59 Å². The van der Waals surface area contributed by atoms with Crippen molar-refractivity contribution in [2.45, 2.75) is 45.4 Å². The number of nitrogens with one attached hydrogen (secondary N) is 1. The Morgan fingerprint density at radius 1 is 1.25 bits per heavy atom. The van der Waals surface area contributed by atoms with Crippen LogP contribution >= 0.6 is 0 Å². The van der Waals surface area contributed by atoms with Crippen molar-refractivity contribution < 1.29 is 14.1 Å². The topological polar surface area (TPSA) is 75.4 Å². The zero-order valence-electron chi connectivity index (χ0n) is 14.4. The van der Waals surface area contributed by atoms with Gasteiger partial charge in [-0.3, -0.25) is 14.9 Å². The Bertz CT molecular complexity index is 631. The Labute approximate surface area is 141 Å². The van der Waals surface area contributed by atoms with E-state index in [2.05, 4.69) is 10.5 Å². The molecule has 0 aliphatic heterocycles. The SMILES string of the molecule is Cc1cc(NC(=O)C(=O)N(C)CC23CC4CC(CC(C4)C2)C3)no1. The lowest BCUT2D eigenvalue weighted by atomic mass is 9.49. The van der Waals surface area contributed by atoms with Gasteiger partial charge < -0.3 is 9.42 Å². The van der Waals surface area contributed by atoms with Crippen LogP contribution in [0.25, 0.3) is 0 Å². The lowest BCUT2D eigenvalue weighted by Crippen LogP contribution is -2.52. The first-order valence-electron chi connectivity index (χ1n) is 8.92. The number of anilines is 1. The van der Waals surface area contributed by atoms with E-state index in [-0.39, 0.29) is 11.2 Å². The molecule has 24 heavy (non-hydrogen) atoms. The van der Waals surface area contributed by atoms with Crippen molar-refractivity contribution in [1.82, 2.24) is 10.1 Å². The second-order valence-electron chi connectivity index (χ2n) is 8.36. The first kappa shape index (κ1) is 15.7. The van der Waals surface area contributed by atoms with Crippen LogP contribution < -0.4 is 5.32 Å². The monoisotopic (exact) mass is 331 g/mol. The van der Waals surface area contributed by atoms with Gasteiger partial charge in [-0.25, -0.2) is 0 Å². The molecule has 5 rings (SSSR count). The third-order valence-electron chi connectivity index (χ3n) is 6.15. The minimum Gasteiger partial charge on any atom is -0.360 e. The summed E-state index contributed by atoms with van der Waals surface area (Å²) in [7, 11) is 1.74. The average Bonchev–Trinajstić information content (AvgIpc) is 2.89. The largest absolute Gasteiger partial charge is 0.360 e. The van der Waals surface area contributed by atoms with Crippen LogP contribution in [0.5, 0.6) is 0 Å². The minimum absolute atomic E-state index is 0.240. The van der Waals surface area contributed by atoms with E-state index in [1.165, 1.54) is 38.5 Å². The van der Waals surface area contributed by atoms with Crippen molar-refractivity contribution >= 4 is 17.6 Å². The number of hydrogen-bond acceptors (Lipinski definition) is 4. The summed E-state index contributed by atoms with van der Waals surface area (Å²) in [6.45, 7) is 2.43. The molecule has 0 saturated heterocycles. The molecule has 4 bridgehead atoms. The summed E-state index contributed by atoms with van der Waals surface area (Å²) in [5.41, 5.74) is 0.240. The maximum absolute atomic E-state index is 12.4. The van der Waals surface area contributed by atoms with Crippen molar-refractivity contribution in [2.24, 2.45) is 23.2 Å². The highest BCUT2D eigenvalue weighted by Gasteiger charge is 2.51. The first-order valence-corrected chi connectivity index (χ1v) is 8.92. The second kappa shape index (κ2) is 5.60. The van der Waals surface area contributed by atoms with Gasteiger partial charge in [-0.1, -0.05) is 5.16 Å². The Morgan fingerprint density at radius 3 is 2.33 bits per heavy atom. The summed E-state index contributed by atoms with van der Waals surface area (Å²) >= 11 is 0. The summed E-state index contributed by atoms with van der Waals surface area (Å²) in [4.78, 5) is 26.2. The summed E-state index contributed by atoms with van der Waals surface area (Å²) in [6, 6.07) is 1.60. The highest BCUT2D eigenvalue weighted by Crippen LogP contribution is 2.60. The van der Waals surface area contributed by atoms with Crippen molar-refractivity contribution in [1.29, 1.82) is 0 Å². The number of hydrogen-bond donors (Lipinski definition) is 1. The molecule has 2 amide bonds. The van der Waals surface area contributed by atoms with Crippen molar-refractivity contribution in [3.05, 3.63) is 11.8 Å². The highest BCUT2D eigenvalue weighted by molar-refractivity contribution is 6.39. The Kier molecular flexibility index (Phi) is 3.66. The molecule has 1 N–H and O–H groups in total. The van der Waals surface area contributed by atoms with Crippen LogP contribution in [0.15, 0.2) is 10.6 Å². The van der Waals surface area contributed by atoms with Gasteiger partial charge in [0.15, 0.2) is 5.82 Å². The van der Waals surface area contributed by atoms with Crippen LogP contribution in [0, 0.1) is 30.1 Å². The number of carbonyl (C=O) groups is 2. The van der Waals surface area contributed by atoms with Gasteiger partial charge in [0, 0.05) is 19.7 Å². The Balaban J connectivity index is 1.39. The molecule has 1 aromatic heterocycles. The van der Waals surface area contributed by atoms with Crippen LogP contribution in [-0.2, 0) is 9.59 Å². The fourth-order valence-electron chi connectivity index (χ4n) is 5.83. The molecule has 130 valence electrons. The van der Waals surface area contributed by atoms with Crippen LogP contribution in [0.1, 0.15) is 44.3 Å². The summed E-state index contributed by atoms with van der Waals surface area (Å²) in [5.74, 6) is 2.26. The van der Waals surface area contributed by atoms with E-state index in [0.717, 1.165) is 17.8 Å². The smallest absolute Gasteiger partial charge is 0.315 e. The normalized spacial score (nSPS) is 33.5. The van der Waals surface area contributed by atoms with E-state index in [1.807, 2.05) is 0 Å². The Morgan fingerprint density at radius 2 is 1.83 bits per heavy atom. The fourth-order valence-corrected chi connectivity index (χ4v) is 5.83. The van der Waals surface area contributed by atoms with E-state index in [0.29, 0.717) is 12.3 Å². The first-order chi connectivity index (χ1) is 11.4. The quantitative estimate of drug-likeness (QED) is 0.864. The van der Waals surface area contributed by atoms with E-state index >= 15 is 0 Å². The molecule has 1 heterocycles. The zero-order chi connectivity index (χ0) is 16.9. The molecule has 4 saturated carbocycles. The van der Waals surface area contributed by atoms with Crippen molar-refractivity contribution in [3.8, 4) is 0 Å². The van der Waals surface area contributed by atoms with Gasteiger partial charge in [0.05, 0.1) is 0 Å². The van der Waals surface area contributed by atoms with E-state index in [4.69, 9.17) is 4.52 Å². The van der Waals surface area contributed by atoms with Gasteiger partial charge in [-0.05, 0) is 68.6 Å². The predicted molar refractivity (Wildman–Crippen MR) is 88.1 cm³/mol. The standard InChI is InChI=1S/C18H25N3O3/c1-11-3-15(20-24-11)19-16(22)17(23)21(2)10-18-7-12-4-13(8-18)6-14(5-12)9-18/h3,12-14H,4-10H2,1-2H3,(H,19,20,22). The maximum Gasteiger partial charge on any atom is 0.315 e. The lowest BCUT2D eigenvalue weighted by molar-refractivity contribution is -0.145. The molecule has 0 radical (unpaired) electrons. The molecular weight excluding hydrogens is 306 g/mol. The second-order valence-corrected chi connectivity index (χ2v) is 8.36. The number of aromatic nitrogens is 1. The molecular formula is C18H25N3O3. The number of aryl methyl sites for hydroxylation is 1. The molecule has 0 spiro atoms. The van der Waals surface area contributed by atoms with Gasteiger partial charge in [0.2, 0.25) is 0 Å². The summed E-state index contributed by atoms with van der Waals surface area (Å²) in [5, 5.41) is 6.22. The van der Waals surface area contributed by atoms with Crippen LogP contribution in [0.3, 0.4) is 0 Å². The maximum atomic E-state index is 12.4. The summed E-state index contributed by atoms with van der Waals surface area (Å²) < 4.78 is 4.91. The van der Waals surface area contributed by atoms with E-state index < -0.39 is 11.8 Å². The molecule has 0 unspecified atom stereocenters. The molecule has 4 aliphatic carbocycles. The van der Waals surface area contributed by atoms with Gasteiger partial charge in [-0.15, -0.1) is 0 Å². The highest BCUT2D eigenvalue weighted by atomic mass is 16.5. The minimum atomic E-state index is -0.643. The van der Waals surface area contributed by atoms with Crippen molar-refractivity contribution in [2.75, 3.05) is 18.9 Å². The third-order valence-corrected chi connectivity index (χ3v) is 6.15. The van der Waals surface area contributed by atoms with Crippen LogP contribution in [-0.4, -0.2) is 35.5 Å². The number of rotatable bonds is 3. The fraction of sp³-hybridized carbons (Fsp3) is 0.722. The molecule has 4 aliphatic rings. The number of carbonyl (C=O) groups excluding carboxylic acids is 2. The average molecular weight is 331 g/mol. The number of nitrogens with zero attached hydrogens (tertiary/aromatic N) is 2. The molecule has 6 nitrogen and oxygen atoms in total. The van der Waals surface area contributed by atoms with Gasteiger partial charge in [0.1, 0.15) is 5.76 Å². The van der Waals surface area contributed by atoms with Crippen LogP contribution in [0.4, 0.5) is 5.82 Å². The predicted octanol–water partition coefficient (Wildman–Crippen LogP) is 2.60. The van der Waals surface area contributed by atoms with Gasteiger partial charge >= 0.3 is 11.8 Å².